The van der Waals surface area contributed by atoms with Crippen LogP contribution in [0.15, 0.2) is 22.7 Å². The van der Waals surface area contributed by atoms with Gasteiger partial charge in [-0.1, -0.05) is 11.2 Å². The molecule has 2 aromatic rings. The molecule has 23 heavy (non-hydrogen) atoms. The van der Waals surface area contributed by atoms with Gasteiger partial charge in [0.15, 0.2) is 17.4 Å². The molecule has 0 fully saturated rings. The van der Waals surface area contributed by atoms with E-state index < -0.39 is 5.82 Å². The van der Waals surface area contributed by atoms with E-state index in [0.717, 1.165) is 0 Å². The topological polar surface area (TPSA) is 80.5 Å². The summed E-state index contributed by atoms with van der Waals surface area (Å²) in [5, 5.41) is 6.41. The first-order valence-corrected chi connectivity index (χ1v) is 7.10. The lowest BCUT2D eigenvalue weighted by atomic mass is 10.2. The lowest BCUT2D eigenvalue weighted by molar-refractivity contribution is 0.206. The fourth-order valence-corrected chi connectivity index (χ4v) is 2.01. The van der Waals surface area contributed by atoms with Crippen LogP contribution in [0, 0.1) is 12.7 Å². The quantitative estimate of drug-likeness (QED) is 0.878. The molecule has 0 atom stereocenters. The standard InChI is InChI=1S/C15H19FN4O3/c1-10-18-14(23-19-10)6-7-17-15(21)20(2)9-11-4-5-13(22-3)12(16)8-11/h4-5,8H,6-7,9H2,1-3H3,(H,17,21). The molecule has 1 N–H and O–H groups in total. The maximum atomic E-state index is 13.6. The molecule has 1 aromatic heterocycles. The Balaban J connectivity index is 1.81. The molecule has 0 saturated heterocycles. The van der Waals surface area contributed by atoms with Crippen LogP contribution in [0.5, 0.6) is 5.75 Å². The van der Waals surface area contributed by atoms with Crippen molar-refractivity contribution in [3.63, 3.8) is 0 Å². The van der Waals surface area contributed by atoms with Gasteiger partial charge in [0, 0.05) is 26.6 Å². The Bertz CT molecular complexity index is 674. The maximum absolute atomic E-state index is 13.6. The number of carbonyl (C=O) groups excluding carboxylic acids is 1. The summed E-state index contributed by atoms with van der Waals surface area (Å²) in [5.74, 6) is 0.758. The number of hydrogen-bond acceptors (Lipinski definition) is 5. The van der Waals surface area contributed by atoms with Crippen LogP contribution in [0.2, 0.25) is 0 Å². The smallest absolute Gasteiger partial charge is 0.317 e. The molecule has 7 nitrogen and oxygen atoms in total. The van der Waals surface area contributed by atoms with Gasteiger partial charge < -0.3 is 19.5 Å². The molecule has 0 aliphatic carbocycles. The zero-order chi connectivity index (χ0) is 16.8. The fraction of sp³-hybridized carbons (Fsp3) is 0.400. The third-order valence-corrected chi connectivity index (χ3v) is 3.17. The van der Waals surface area contributed by atoms with E-state index in [1.165, 1.54) is 24.1 Å². The zero-order valence-electron chi connectivity index (χ0n) is 13.3. The molecule has 0 aliphatic rings. The minimum atomic E-state index is -0.453. The number of hydrogen-bond donors (Lipinski definition) is 1. The first-order valence-electron chi connectivity index (χ1n) is 7.10. The van der Waals surface area contributed by atoms with Crippen molar-refractivity contribution >= 4 is 6.03 Å². The first-order chi connectivity index (χ1) is 11.0. The maximum Gasteiger partial charge on any atom is 0.317 e. The lowest BCUT2D eigenvalue weighted by Crippen LogP contribution is -2.37. The Hall–Kier alpha value is -2.64. The Kier molecular flexibility index (Phi) is 5.51. The summed E-state index contributed by atoms with van der Waals surface area (Å²) in [7, 11) is 3.04. The van der Waals surface area contributed by atoms with E-state index in [9.17, 15) is 9.18 Å². The van der Waals surface area contributed by atoms with Crippen molar-refractivity contribution in [1.29, 1.82) is 0 Å². The molecule has 2 rings (SSSR count). The predicted molar refractivity (Wildman–Crippen MR) is 80.6 cm³/mol. The summed E-state index contributed by atoms with van der Waals surface area (Å²) in [4.78, 5) is 17.5. The van der Waals surface area contributed by atoms with Gasteiger partial charge in [0.05, 0.1) is 7.11 Å². The van der Waals surface area contributed by atoms with Crippen LogP contribution in [0.25, 0.3) is 0 Å². The third kappa shape index (κ3) is 4.67. The summed E-state index contributed by atoms with van der Waals surface area (Å²) in [5.41, 5.74) is 0.675. The van der Waals surface area contributed by atoms with Crippen LogP contribution in [0.4, 0.5) is 9.18 Å². The molecular weight excluding hydrogens is 303 g/mol. The van der Waals surface area contributed by atoms with Gasteiger partial charge in [0.25, 0.3) is 0 Å². The highest BCUT2D eigenvalue weighted by Crippen LogP contribution is 2.18. The van der Waals surface area contributed by atoms with E-state index >= 15 is 0 Å². The largest absolute Gasteiger partial charge is 0.494 e. The monoisotopic (exact) mass is 322 g/mol. The number of amides is 2. The SMILES string of the molecule is COc1ccc(CN(C)C(=O)NCCc2nc(C)no2)cc1F. The van der Waals surface area contributed by atoms with Crippen molar-refractivity contribution in [3.05, 3.63) is 41.3 Å². The number of nitrogens with one attached hydrogen (secondary N) is 1. The van der Waals surface area contributed by atoms with E-state index in [1.807, 2.05) is 0 Å². The van der Waals surface area contributed by atoms with Crippen molar-refractivity contribution < 1.29 is 18.4 Å². The van der Waals surface area contributed by atoms with Gasteiger partial charge >= 0.3 is 6.03 Å². The van der Waals surface area contributed by atoms with Crippen LogP contribution in [0.3, 0.4) is 0 Å². The number of aryl methyl sites for hydroxylation is 1. The van der Waals surface area contributed by atoms with E-state index in [2.05, 4.69) is 15.5 Å². The molecule has 1 heterocycles. The van der Waals surface area contributed by atoms with Gasteiger partial charge in [-0.25, -0.2) is 9.18 Å². The minimum Gasteiger partial charge on any atom is -0.494 e. The summed E-state index contributed by atoms with van der Waals surface area (Å²) >= 11 is 0. The van der Waals surface area contributed by atoms with Crippen molar-refractivity contribution in [2.45, 2.75) is 19.9 Å². The molecule has 8 heteroatoms. The van der Waals surface area contributed by atoms with Gasteiger partial charge in [-0.3, -0.25) is 0 Å². The number of aromatic nitrogens is 2. The summed E-state index contributed by atoms with van der Waals surface area (Å²) in [6, 6.07) is 4.34. The summed E-state index contributed by atoms with van der Waals surface area (Å²) in [6.45, 7) is 2.39. The molecule has 124 valence electrons. The Morgan fingerprint density at radius 2 is 2.26 bits per heavy atom. The number of benzene rings is 1. The van der Waals surface area contributed by atoms with E-state index in [0.29, 0.717) is 30.2 Å². The van der Waals surface area contributed by atoms with Gasteiger partial charge in [-0.15, -0.1) is 0 Å². The number of ether oxygens (including phenoxy) is 1. The van der Waals surface area contributed by atoms with Crippen molar-refractivity contribution in [3.8, 4) is 5.75 Å². The molecule has 0 spiro atoms. The van der Waals surface area contributed by atoms with Crippen LogP contribution in [-0.4, -0.2) is 41.8 Å². The average molecular weight is 322 g/mol. The van der Waals surface area contributed by atoms with Gasteiger partial charge in [0.2, 0.25) is 5.89 Å². The van der Waals surface area contributed by atoms with E-state index in [1.54, 1.807) is 20.0 Å². The molecule has 0 unspecified atom stereocenters. The van der Waals surface area contributed by atoms with Crippen LogP contribution in [0.1, 0.15) is 17.3 Å². The van der Waals surface area contributed by atoms with Crippen molar-refractivity contribution in [2.75, 3.05) is 20.7 Å². The van der Waals surface area contributed by atoms with Gasteiger partial charge in [-0.2, -0.15) is 4.98 Å². The van der Waals surface area contributed by atoms with Crippen LogP contribution in [-0.2, 0) is 13.0 Å². The number of urea groups is 1. The average Bonchev–Trinajstić information content (AvgIpc) is 2.92. The Morgan fingerprint density at radius 3 is 2.87 bits per heavy atom. The number of methoxy groups -OCH3 is 1. The summed E-state index contributed by atoms with van der Waals surface area (Å²) in [6.07, 6.45) is 0.456. The van der Waals surface area contributed by atoms with E-state index in [4.69, 9.17) is 9.26 Å². The second kappa shape index (κ2) is 7.57. The molecule has 2 amide bonds. The van der Waals surface area contributed by atoms with Gasteiger partial charge in [0.1, 0.15) is 0 Å². The summed E-state index contributed by atoms with van der Waals surface area (Å²) < 4.78 is 23.4. The van der Waals surface area contributed by atoms with Crippen LogP contribution < -0.4 is 10.1 Å². The second-order valence-electron chi connectivity index (χ2n) is 5.04. The first kappa shape index (κ1) is 16.7. The van der Waals surface area contributed by atoms with E-state index in [-0.39, 0.29) is 18.3 Å². The lowest BCUT2D eigenvalue weighted by Gasteiger charge is -2.18. The molecule has 0 saturated carbocycles. The highest BCUT2D eigenvalue weighted by molar-refractivity contribution is 5.73. The third-order valence-electron chi connectivity index (χ3n) is 3.17. The number of halogens is 1. The normalized spacial score (nSPS) is 10.4. The Morgan fingerprint density at radius 1 is 1.48 bits per heavy atom. The molecule has 0 aliphatic heterocycles. The number of carbonyl (C=O) groups is 1. The number of rotatable bonds is 6. The molecule has 0 radical (unpaired) electrons. The zero-order valence-corrected chi connectivity index (χ0v) is 13.3. The molecule has 1 aromatic carbocycles. The Labute approximate surface area is 133 Å². The second-order valence-corrected chi connectivity index (χ2v) is 5.04. The minimum absolute atomic E-state index is 0.177. The molecule has 0 bridgehead atoms. The highest BCUT2D eigenvalue weighted by Gasteiger charge is 2.11. The van der Waals surface area contributed by atoms with Crippen molar-refractivity contribution in [1.82, 2.24) is 20.4 Å². The highest BCUT2D eigenvalue weighted by atomic mass is 19.1. The van der Waals surface area contributed by atoms with Crippen LogP contribution >= 0.6 is 0 Å². The van der Waals surface area contributed by atoms with Gasteiger partial charge in [-0.05, 0) is 24.6 Å². The fourth-order valence-electron chi connectivity index (χ4n) is 2.01. The number of nitrogens with zero attached hydrogens (tertiary/aromatic N) is 3. The molecular formula is C15H19FN4O3. The van der Waals surface area contributed by atoms with Crippen molar-refractivity contribution in [2.24, 2.45) is 0 Å². The predicted octanol–water partition coefficient (Wildman–Crippen LogP) is 1.91.